The summed E-state index contributed by atoms with van der Waals surface area (Å²) in [6.45, 7) is 6.54. The number of nitrogens with zero attached hydrogens (tertiary/aromatic N) is 1. The molecular weight excluding hydrogens is 354 g/mol. The summed E-state index contributed by atoms with van der Waals surface area (Å²) in [5.41, 5.74) is 2.60. The Morgan fingerprint density at radius 2 is 2.07 bits per heavy atom. The summed E-state index contributed by atoms with van der Waals surface area (Å²) in [6.07, 6.45) is 6.82. The van der Waals surface area contributed by atoms with Crippen LogP contribution in [0.15, 0.2) is 35.7 Å². The maximum atomic E-state index is 11.9. The van der Waals surface area contributed by atoms with Crippen molar-refractivity contribution in [2.45, 2.75) is 64.8 Å². The average Bonchev–Trinajstić information content (AvgIpc) is 3.19. The van der Waals surface area contributed by atoms with E-state index in [1.807, 2.05) is 30.4 Å². The summed E-state index contributed by atoms with van der Waals surface area (Å²) in [5.74, 6) is 0.668. The first-order valence-corrected chi connectivity index (χ1v) is 11.2. The van der Waals surface area contributed by atoms with Crippen molar-refractivity contribution < 1.29 is 9.53 Å². The molecule has 1 aliphatic carbocycles. The number of carbonyl (C=O) groups excluding carboxylic acids is 1. The number of esters is 1. The summed E-state index contributed by atoms with van der Waals surface area (Å²) >= 11 is 1.85. The molecule has 1 aromatic carbocycles. The van der Waals surface area contributed by atoms with Crippen LogP contribution in [0, 0.1) is 0 Å². The van der Waals surface area contributed by atoms with Crippen molar-refractivity contribution >= 4 is 17.3 Å². The third kappa shape index (κ3) is 5.43. The van der Waals surface area contributed by atoms with E-state index in [0.717, 1.165) is 50.9 Å². The SMILES string of the molecule is CCCC(=O)Oc1cccc2c1CC[C@H](N(CCC)CCc1cccs1)C2. The van der Waals surface area contributed by atoms with Gasteiger partial charge < -0.3 is 4.74 Å². The molecule has 1 atom stereocenters. The lowest BCUT2D eigenvalue weighted by Gasteiger charge is -2.35. The molecule has 2 aromatic rings. The van der Waals surface area contributed by atoms with Crippen LogP contribution >= 0.6 is 11.3 Å². The van der Waals surface area contributed by atoms with Crippen molar-refractivity contribution in [2.24, 2.45) is 0 Å². The molecule has 0 fully saturated rings. The average molecular weight is 386 g/mol. The van der Waals surface area contributed by atoms with Crippen LogP contribution in [-0.2, 0) is 24.1 Å². The maximum Gasteiger partial charge on any atom is 0.311 e. The minimum Gasteiger partial charge on any atom is -0.426 e. The van der Waals surface area contributed by atoms with Gasteiger partial charge in [-0.3, -0.25) is 9.69 Å². The molecule has 3 rings (SSSR count). The quantitative estimate of drug-likeness (QED) is 0.435. The number of ether oxygens (including phenoxy) is 1. The van der Waals surface area contributed by atoms with Crippen molar-refractivity contribution in [1.82, 2.24) is 4.90 Å². The number of rotatable bonds is 9. The van der Waals surface area contributed by atoms with Crippen LogP contribution in [0.1, 0.15) is 55.5 Å². The van der Waals surface area contributed by atoms with Crippen LogP contribution in [0.3, 0.4) is 0 Å². The molecule has 0 N–H and O–H groups in total. The number of hydrogen-bond donors (Lipinski definition) is 0. The predicted octanol–water partition coefficient (Wildman–Crippen LogP) is 5.27. The Balaban J connectivity index is 1.67. The number of hydrogen-bond acceptors (Lipinski definition) is 4. The van der Waals surface area contributed by atoms with E-state index in [4.69, 9.17) is 4.74 Å². The molecule has 0 bridgehead atoms. The topological polar surface area (TPSA) is 29.5 Å². The molecule has 1 aliphatic rings. The minimum absolute atomic E-state index is 0.114. The lowest BCUT2D eigenvalue weighted by atomic mass is 9.86. The Hall–Kier alpha value is -1.65. The first kappa shape index (κ1) is 20.1. The zero-order valence-corrected chi connectivity index (χ0v) is 17.4. The van der Waals surface area contributed by atoms with Gasteiger partial charge in [0.25, 0.3) is 0 Å². The van der Waals surface area contributed by atoms with Crippen LogP contribution in [0.4, 0.5) is 0 Å². The third-order valence-corrected chi connectivity index (χ3v) is 6.28. The highest BCUT2D eigenvalue weighted by Gasteiger charge is 2.26. The molecule has 3 nitrogen and oxygen atoms in total. The van der Waals surface area contributed by atoms with Gasteiger partial charge in [0.2, 0.25) is 0 Å². The van der Waals surface area contributed by atoms with Gasteiger partial charge in [-0.25, -0.2) is 0 Å². The zero-order valence-electron chi connectivity index (χ0n) is 16.6. The fourth-order valence-corrected chi connectivity index (χ4v) is 4.71. The Kier molecular flexibility index (Phi) is 7.48. The smallest absolute Gasteiger partial charge is 0.311 e. The van der Waals surface area contributed by atoms with Crippen LogP contribution in [0.5, 0.6) is 5.75 Å². The largest absolute Gasteiger partial charge is 0.426 e. The molecule has 4 heteroatoms. The standard InChI is InChI=1S/C23H31NO2S/c1-3-7-23(25)26-22-10-5-8-18-17-19(11-12-21(18)22)24(14-4-2)15-13-20-9-6-16-27-20/h5-6,8-10,16,19H,3-4,7,11-15,17H2,1-2H3/t19-/m0/s1. The second kappa shape index (κ2) is 10.0. The van der Waals surface area contributed by atoms with Gasteiger partial charge in [0.05, 0.1) is 0 Å². The predicted molar refractivity (Wildman–Crippen MR) is 113 cm³/mol. The van der Waals surface area contributed by atoms with Crippen LogP contribution in [-0.4, -0.2) is 30.0 Å². The third-order valence-electron chi connectivity index (χ3n) is 5.34. The zero-order chi connectivity index (χ0) is 19.1. The van der Waals surface area contributed by atoms with E-state index in [2.05, 4.69) is 35.4 Å². The monoisotopic (exact) mass is 385 g/mol. The Labute approximate surface area is 167 Å². The molecule has 0 spiro atoms. The molecule has 1 aromatic heterocycles. The number of thiophene rings is 1. The van der Waals surface area contributed by atoms with Crippen LogP contribution in [0.2, 0.25) is 0 Å². The van der Waals surface area contributed by atoms with E-state index in [1.165, 1.54) is 22.4 Å². The van der Waals surface area contributed by atoms with Crippen LogP contribution < -0.4 is 4.74 Å². The van der Waals surface area contributed by atoms with Crippen molar-refractivity contribution in [3.63, 3.8) is 0 Å². The van der Waals surface area contributed by atoms with Crippen molar-refractivity contribution in [3.05, 3.63) is 51.7 Å². The second-order valence-electron chi connectivity index (χ2n) is 7.38. The normalized spacial score (nSPS) is 16.3. The van der Waals surface area contributed by atoms with Crippen molar-refractivity contribution in [2.75, 3.05) is 13.1 Å². The summed E-state index contributed by atoms with van der Waals surface area (Å²) < 4.78 is 5.64. The fourth-order valence-electron chi connectivity index (χ4n) is 4.01. The van der Waals surface area contributed by atoms with E-state index in [9.17, 15) is 4.79 Å². The van der Waals surface area contributed by atoms with Gasteiger partial charge in [-0.05, 0) is 73.7 Å². The van der Waals surface area contributed by atoms with Gasteiger partial charge in [0.15, 0.2) is 0 Å². The molecule has 0 saturated heterocycles. The van der Waals surface area contributed by atoms with Gasteiger partial charge in [-0.15, -0.1) is 11.3 Å². The van der Waals surface area contributed by atoms with Gasteiger partial charge in [-0.1, -0.05) is 32.0 Å². The van der Waals surface area contributed by atoms with E-state index in [1.54, 1.807) is 0 Å². The molecule has 146 valence electrons. The lowest BCUT2D eigenvalue weighted by molar-refractivity contribution is -0.134. The van der Waals surface area contributed by atoms with Crippen molar-refractivity contribution in [3.8, 4) is 5.75 Å². The summed E-state index contributed by atoms with van der Waals surface area (Å²) in [7, 11) is 0. The highest BCUT2D eigenvalue weighted by atomic mass is 32.1. The van der Waals surface area contributed by atoms with E-state index < -0.39 is 0 Å². The van der Waals surface area contributed by atoms with Gasteiger partial charge >= 0.3 is 5.97 Å². The van der Waals surface area contributed by atoms with Crippen LogP contribution in [0.25, 0.3) is 0 Å². The highest BCUT2D eigenvalue weighted by molar-refractivity contribution is 7.09. The van der Waals surface area contributed by atoms with Gasteiger partial charge in [-0.2, -0.15) is 0 Å². The van der Waals surface area contributed by atoms with E-state index in [-0.39, 0.29) is 5.97 Å². The number of benzene rings is 1. The van der Waals surface area contributed by atoms with E-state index in [0.29, 0.717) is 12.5 Å². The molecule has 27 heavy (non-hydrogen) atoms. The maximum absolute atomic E-state index is 11.9. The van der Waals surface area contributed by atoms with Gasteiger partial charge in [0.1, 0.15) is 5.75 Å². The van der Waals surface area contributed by atoms with Gasteiger partial charge in [0, 0.05) is 23.9 Å². The number of carbonyl (C=O) groups is 1. The molecule has 0 saturated carbocycles. The highest BCUT2D eigenvalue weighted by Crippen LogP contribution is 2.32. The lowest BCUT2D eigenvalue weighted by Crippen LogP contribution is -2.41. The Morgan fingerprint density at radius 3 is 2.81 bits per heavy atom. The summed E-state index contributed by atoms with van der Waals surface area (Å²) in [5, 5.41) is 2.16. The number of fused-ring (bicyclic) bond motifs is 1. The van der Waals surface area contributed by atoms with E-state index >= 15 is 0 Å². The second-order valence-corrected chi connectivity index (χ2v) is 8.41. The Morgan fingerprint density at radius 1 is 1.19 bits per heavy atom. The molecule has 1 heterocycles. The summed E-state index contributed by atoms with van der Waals surface area (Å²) in [4.78, 5) is 16.1. The molecule has 0 radical (unpaired) electrons. The van der Waals surface area contributed by atoms with Crippen molar-refractivity contribution in [1.29, 1.82) is 0 Å². The molecular formula is C23H31NO2S. The first-order chi connectivity index (χ1) is 13.2. The fraction of sp³-hybridized carbons (Fsp3) is 0.522. The molecule has 0 unspecified atom stereocenters. The first-order valence-electron chi connectivity index (χ1n) is 10.3. The minimum atomic E-state index is -0.114. The summed E-state index contributed by atoms with van der Waals surface area (Å²) in [6, 6.07) is 11.2. The Bertz CT molecular complexity index is 726. The molecule has 0 aliphatic heterocycles. The molecule has 0 amide bonds.